The number of anilines is 1. The van der Waals surface area contributed by atoms with E-state index in [1.54, 1.807) is 20.3 Å². The Labute approximate surface area is 274 Å². The molecule has 0 spiro atoms. The molecule has 1 atom stereocenters. The van der Waals surface area contributed by atoms with Gasteiger partial charge in [-0.25, -0.2) is 8.42 Å². The third kappa shape index (κ3) is 10.7. The Morgan fingerprint density at radius 2 is 1.72 bits per heavy atom. The van der Waals surface area contributed by atoms with Crippen LogP contribution < -0.4 is 77.0 Å². The van der Waals surface area contributed by atoms with Gasteiger partial charge in [0.15, 0.2) is 11.5 Å². The van der Waals surface area contributed by atoms with Crippen molar-refractivity contribution in [3.8, 4) is 11.5 Å². The molecule has 0 aromatic heterocycles. The molecule has 0 aliphatic heterocycles. The third-order valence-corrected chi connectivity index (χ3v) is 7.87. The van der Waals surface area contributed by atoms with E-state index < -0.39 is 22.0 Å². The summed E-state index contributed by atoms with van der Waals surface area (Å²) in [6.45, 7) is 3.99. The number of carboxylic acids is 1. The molecular formula is C27H38KN3O7S. The molecule has 0 bridgehead atoms. The predicted octanol–water partition coefficient (Wildman–Crippen LogP) is -1.03. The molecular weight excluding hydrogens is 549 g/mol. The molecule has 0 aliphatic rings. The third-order valence-electron chi connectivity index (χ3n) is 5.98. The molecule has 0 saturated heterocycles. The van der Waals surface area contributed by atoms with E-state index in [0.717, 1.165) is 9.87 Å². The molecule has 0 aliphatic carbocycles. The number of amides is 1. The van der Waals surface area contributed by atoms with E-state index in [1.165, 1.54) is 24.3 Å². The van der Waals surface area contributed by atoms with Gasteiger partial charge in [-0.15, -0.1) is 0 Å². The van der Waals surface area contributed by atoms with Gasteiger partial charge in [0.05, 0.1) is 31.1 Å². The Balaban J connectivity index is 0.00000760. The van der Waals surface area contributed by atoms with Gasteiger partial charge in [-0.3, -0.25) is 4.79 Å². The molecule has 10 nitrogen and oxygen atoms in total. The van der Waals surface area contributed by atoms with Gasteiger partial charge in [0, 0.05) is 25.2 Å². The Morgan fingerprint density at radius 3 is 2.28 bits per heavy atom. The van der Waals surface area contributed by atoms with E-state index in [4.69, 9.17) is 15.2 Å². The fourth-order valence-electron chi connectivity index (χ4n) is 4.09. The first-order valence-corrected chi connectivity index (χ1v) is 14.0. The van der Waals surface area contributed by atoms with Gasteiger partial charge in [0.25, 0.3) is 0 Å². The van der Waals surface area contributed by atoms with Crippen LogP contribution in [0.4, 0.5) is 5.69 Å². The molecule has 210 valence electrons. The largest absolute Gasteiger partial charge is 1.00 e. The second-order valence-corrected chi connectivity index (χ2v) is 11.3. The van der Waals surface area contributed by atoms with E-state index in [9.17, 15) is 23.1 Å². The number of nitrogens with two attached hydrogens (primary N) is 1. The zero-order valence-corrected chi connectivity index (χ0v) is 27.4. The predicted molar refractivity (Wildman–Crippen MR) is 143 cm³/mol. The van der Waals surface area contributed by atoms with Crippen LogP contribution in [0, 0.1) is 5.92 Å². The van der Waals surface area contributed by atoms with Crippen LogP contribution in [0.5, 0.6) is 11.5 Å². The summed E-state index contributed by atoms with van der Waals surface area (Å²) in [5.41, 5.74) is 6.93. The fourth-order valence-corrected chi connectivity index (χ4v) is 5.86. The number of aryl methyl sites for hydroxylation is 1. The number of hydrogen-bond donors (Lipinski definition) is 2. The van der Waals surface area contributed by atoms with Crippen LogP contribution in [0.2, 0.25) is 0 Å². The number of nitrogens with zero attached hydrogens (tertiary/aromatic N) is 1. The van der Waals surface area contributed by atoms with Gasteiger partial charge in [0.2, 0.25) is 15.9 Å². The van der Waals surface area contributed by atoms with E-state index in [0.29, 0.717) is 43.0 Å². The van der Waals surface area contributed by atoms with Crippen LogP contribution in [0.15, 0.2) is 47.4 Å². The number of carbonyl (C=O) groups excluding carboxylic acids is 2. The average molecular weight is 588 g/mol. The molecule has 0 unspecified atom stereocenters. The smallest absolute Gasteiger partial charge is 0.548 e. The first-order chi connectivity index (χ1) is 18.0. The van der Waals surface area contributed by atoms with Gasteiger partial charge < -0.3 is 30.4 Å². The molecule has 39 heavy (non-hydrogen) atoms. The van der Waals surface area contributed by atoms with Crippen LogP contribution in [-0.2, 0) is 26.0 Å². The molecule has 2 aromatic carbocycles. The molecule has 0 radical (unpaired) electrons. The summed E-state index contributed by atoms with van der Waals surface area (Å²) in [7, 11) is -0.993. The van der Waals surface area contributed by atoms with Crippen molar-refractivity contribution in [1.82, 2.24) is 9.62 Å². The van der Waals surface area contributed by atoms with Crippen LogP contribution in [0.3, 0.4) is 0 Å². The maximum atomic E-state index is 13.3. The second-order valence-electron chi connectivity index (χ2n) is 9.37. The second kappa shape index (κ2) is 17.2. The number of rotatable bonds is 16. The number of sulfonamides is 1. The number of carboxylic acid groups (broad SMARTS) is 1. The maximum absolute atomic E-state index is 13.3. The first kappa shape index (κ1) is 35.4. The van der Waals surface area contributed by atoms with Crippen molar-refractivity contribution in [3.63, 3.8) is 0 Å². The van der Waals surface area contributed by atoms with Gasteiger partial charge in [0.1, 0.15) is 0 Å². The van der Waals surface area contributed by atoms with E-state index >= 15 is 0 Å². The number of benzene rings is 2. The van der Waals surface area contributed by atoms with Gasteiger partial charge in [-0.2, -0.15) is 4.31 Å². The summed E-state index contributed by atoms with van der Waals surface area (Å²) in [6, 6.07) is 9.79. The first-order valence-electron chi connectivity index (χ1n) is 12.6. The summed E-state index contributed by atoms with van der Waals surface area (Å²) in [4.78, 5) is 24.3. The van der Waals surface area contributed by atoms with Crippen LogP contribution >= 0.6 is 0 Å². The number of ether oxygens (including phenoxy) is 2. The van der Waals surface area contributed by atoms with Crippen LogP contribution in [0.25, 0.3) is 0 Å². The van der Waals surface area contributed by atoms with Crippen molar-refractivity contribution < 1.29 is 84.0 Å². The SMILES string of the molecule is COc1cccc(CCC(=O)NCCCC[C@@H](C(=O)[O-])N(CC(C)C)S(=O)(=O)c2ccc(N)cc2)c1OC.[K+]. The monoisotopic (exact) mass is 587 g/mol. The van der Waals surface area contributed by atoms with Gasteiger partial charge >= 0.3 is 51.4 Å². The quantitative estimate of drug-likeness (QED) is 0.144. The van der Waals surface area contributed by atoms with Crippen molar-refractivity contribution in [3.05, 3.63) is 48.0 Å². The average Bonchev–Trinajstić information content (AvgIpc) is 2.87. The maximum Gasteiger partial charge on any atom is 1.00 e. The number of nitrogens with one attached hydrogen (secondary N) is 1. The minimum atomic E-state index is -4.09. The summed E-state index contributed by atoms with van der Waals surface area (Å²) in [6.07, 6.45) is 1.63. The Bertz CT molecular complexity index is 1170. The van der Waals surface area contributed by atoms with E-state index in [-0.39, 0.29) is 87.5 Å². The normalized spacial score (nSPS) is 12.1. The van der Waals surface area contributed by atoms with Crippen molar-refractivity contribution in [2.75, 3.05) is 33.0 Å². The Kier molecular flexibility index (Phi) is 15.6. The number of para-hydroxylation sites is 1. The summed E-state index contributed by atoms with van der Waals surface area (Å²) < 4.78 is 38.3. The zero-order chi connectivity index (χ0) is 28.3. The molecule has 3 N–H and O–H groups in total. The minimum absolute atomic E-state index is 0. The molecule has 0 heterocycles. The van der Waals surface area contributed by atoms with Crippen molar-refractivity contribution >= 4 is 27.6 Å². The minimum Gasteiger partial charge on any atom is -0.548 e. The number of carbonyl (C=O) groups is 2. The van der Waals surface area contributed by atoms with E-state index in [2.05, 4.69) is 5.32 Å². The molecule has 12 heteroatoms. The number of unbranched alkanes of at least 4 members (excludes halogenated alkanes) is 1. The van der Waals surface area contributed by atoms with Crippen molar-refractivity contribution in [1.29, 1.82) is 0 Å². The van der Waals surface area contributed by atoms with Crippen LogP contribution in [0.1, 0.15) is 45.1 Å². The number of hydrogen-bond acceptors (Lipinski definition) is 8. The molecule has 1 amide bonds. The number of nitrogen functional groups attached to an aromatic ring is 1. The molecule has 0 saturated carbocycles. The van der Waals surface area contributed by atoms with Gasteiger partial charge in [-0.05, 0) is 67.5 Å². The van der Waals surface area contributed by atoms with Gasteiger partial charge in [-0.1, -0.05) is 26.0 Å². The molecule has 2 aromatic rings. The molecule has 2 rings (SSSR count). The fraction of sp³-hybridized carbons (Fsp3) is 0.481. The van der Waals surface area contributed by atoms with Crippen LogP contribution in [-0.4, -0.2) is 58.0 Å². The standard InChI is InChI=1S/C27H39N3O7S.K/c1-19(2)18-30(38(34,35)22-14-12-21(28)13-15-22)23(27(32)33)9-5-6-17-29-25(31)16-11-20-8-7-10-24(36-3)26(20)37-4;/h7-8,10,12-15,19,23H,5-6,9,11,16-18,28H2,1-4H3,(H,29,31)(H,32,33);/q;+1/p-1/t23-;/m0./s1. The topological polar surface area (TPSA) is 151 Å². The summed E-state index contributed by atoms with van der Waals surface area (Å²) in [5.74, 6) is -0.531. The van der Waals surface area contributed by atoms with E-state index in [1.807, 2.05) is 26.0 Å². The number of methoxy groups -OCH3 is 2. The van der Waals surface area contributed by atoms with Crippen molar-refractivity contribution in [2.45, 2.75) is 56.9 Å². The Hall–Kier alpha value is -1.67. The summed E-state index contributed by atoms with van der Waals surface area (Å²) >= 11 is 0. The summed E-state index contributed by atoms with van der Waals surface area (Å²) in [5, 5.41) is 14.8. The van der Waals surface area contributed by atoms with Crippen molar-refractivity contribution in [2.24, 2.45) is 5.92 Å². The zero-order valence-electron chi connectivity index (χ0n) is 23.4. The number of aliphatic carboxylic acids is 1. The molecule has 0 fully saturated rings. The Morgan fingerprint density at radius 1 is 1.05 bits per heavy atom.